The largest absolute Gasteiger partial charge is 0.375 e. The predicted molar refractivity (Wildman–Crippen MR) is 90.7 cm³/mol. The summed E-state index contributed by atoms with van der Waals surface area (Å²) in [5, 5.41) is 1.53. The van der Waals surface area contributed by atoms with Crippen LogP contribution < -0.4 is 5.56 Å². The van der Waals surface area contributed by atoms with Crippen LogP contribution in [0.4, 0.5) is 0 Å². The summed E-state index contributed by atoms with van der Waals surface area (Å²) in [5.74, 6) is 0.900. The van der Waals surface area contributed by atoms with Gasteiger partial charge < -0.3 is 4.74 Å². The maximum atomic E-state index is 13.0. The molecule has 1 aliphatic heterocycles. The fourth-order valence-electron chi connectivity index (χ4n) is 3.10. The lowest BCUT2D eigenvalue weighted by Gasteiger charge is -2.36. The van der Waals surface area contributed by atoms with Crippen LogP contribution in [0.15, 0.2) is 34.2 Å². The van der Waals surface area contributed by atoms with Crippen molar-refractivity contribution in [2.24, 2.45) is 0 Å². The van der Waals surface area contributed by atoms with E-state index < -0.39 is 0 Å². The number of hydrogen-bond donors (Lipinski definition) is 0. The van der Waals surface area contributed by atoms with Crippen molar-refractivity contribution in [3.8, 4) is 0 Å². The lowest BCUT2D eigenvalue weighted by Crippen LogP contribution is -2.39. The zero-order chi connectivity index (χ0) is 15.7. The lowest BCUT2D eigenvalue weighted by molar-refractivity contribution is -0.0708. The summed E-state index contributed by atoms with van der Waals surface area (Å²) in [4.78, 5) is 17.7. The van der Waals surface area contributed by atoms with Gasteiger partial charge in [-0.05, 0) is 44.6 Å². The third kappa shape index (κ3) is 2.92. The first-order chi connectivity index (χ1) is 10.5. The molecule has 2 heterocycles. The summed E-state index contributed by atoms with van der Waals surface area (Å²) >= 11 is 1.64. The second-order valence-electron chi connectivity index (χ2n) is 6.27. The van der Waals surface area contributed by atoms with Crippen LogP contribution in [-0.4, -0.2) is 27.5 Å². The summed E-state index contributed by atoms with van der Waals surface area (Å²) in [6.45, 7) is 6.95. The van der Waals surface area contributed by atoms with E-state index in [4.69, 9.17) is 9.72 Å². The highest BCUT2D eigenvalue weighted by atomic mass is 32.2. The van der Waals surface area contributed by atoms with Crippen molar-refractivity contribution in [1.82, 2.24) is 9.55 Å². The minimum absolute atomic E-state index is 0.0734. The van der Waals surface area contributed by atoms with Crippen LogP contribution in [0.1, 0.15) is 39.7 Å². The zero-order valence-electron chi connectivity index (χ0n) is 13.3. The van der Waals surface area contributed by atoms with Crippen molar-refractivity contribution in [3.63, 3.8) is 0 Å². The summed E-state index contributed by atoms with van der Waals surface area (Å²) in [5.41, 5.74) is 0.664. The smallest absolute Gasteiger partial charge is 0.262 e. The van der Waals surface area contributed by atoms with Crippen molar-refractivity contribution < 1.29 is 4.74 Å². The Hall–Kier alpha value is -1.33. The summed E-state index contributed by atoms with van der Waals surface area (Å²) in [7, 11) is 0. The number of para-hydroxylation sites is 1. The molecule has 1 fully saturated rings. The topological polar surface area (TPSA) is 44.1 Å². The van der Waals surface area contributed by atoms with E-state index in [0.717, 1.165) is 29.3 Å². The number of benzene rings is 1. The molecule has 3 rings (SSSR count). The van der Waals surface area contributed by atoms with Crippen molar-refractivity contribution in [3.05, 3.63) is 34.6 Å². The molecule has 4 nitrogen and oxygen atoms in total. The van der Waals surface area contributed by atoms with Crippen molar-refractivity contribution in [1.29, 1.82) is 0 Å². The summed E-state index contributed by atoms with van der Waals surface area (Å²) in [6, 6.07) is 7.76. The Labute approximate surface area is 134 Å². The molecule has 0 N–H and O–H groups in total. The van der Waals surface area contributed by atoms with Crippen LogP contribution in [0.25, 0.3) is 10.9 Å². The van der Waals surface area contributed by atoms with Gasteiger partial charge in [0.05, 0.1) is 16.5 Å². The van der Waals surface area contributed by atoms with Gasteiger partial charge >= 0.3 is 0 Å². The minimum atomic E-state index is -0.192. The molecule has 1 aromatic carbocycles. The summed E-state index contributed by atoms with van der Waals surface area (Å²) in [6.07, 6.45) is 1.70. The lowest BCUT2D eigenvalue weighted by atomic mass is 9.93. The fourth-order valence-corrected chi connectivity index (χ4v) is 3.89. The van der Waals surface area contributed by atoms with Crippen molar-refractivity contribution in [2.45, 2.75) is 50.4 Å². The maximum absolute atomic E-state index is 13.0. The molecule has 5 heteroatoms. The van der Waals surface area contributed by atoms with E-state index in [1.165, 1.54) is 0 Å². The first-order valence-corrected chi connectivity index (χ1v) is 8.78. The molecule has 22 heavy (non-hydrogen) atoms. The maximum Gasteiger partial charge on any atom is 0.262 e. The molecule has 118 valence electrons. The molecule has 0 amide bonds. The van der Waals surface area contributed by atoms with Gasteiger partial charge in [0, 0.05) is 12.6 Å². The fraction of sp³-hybridized carbons (Fsp3) is 0.529. The molecular weight excluding hydrogens is 296 g/mol. The van der Waals surface area contributed by atoms with Crippen molar-refractivity contribution >= 4 is 22.7 Å². The van der Waals surface area contributed by atoms with Gasteiger partial charge in [0.25, 0.3) is 5.56 Å². The van der Waals surface area contributed by atoms with E-state index in [0.29, 0.717) is 12.0 Å². The molecule has 0 unspecified atom stereocenters. The molecule has 0 radical (unpaired) electrons. The molecule has 1 aromatic heterocycles. The van der Waals surface area contributed by atoms with E-state index in [1.807, 2.05) is 28.8 Å². The zero-order valence-corrected chi connectivity index (χ0v) is 14.2. The minimum Gasteiger partial charge on any atom is -0.375 e. The third-order valence-corrected chi connectivity index (χ3v) is 4.92. The van der Waals surface area contributed by atoms with Gasteiger partial charge in [0.1, 0.15) is 0 Å². The number of hydrogen-bond acceptors (Lipinski definition) is 4. The number of thioether (sulfide) groups is 1. The molecule has 0 aliphatic carbocycles. The average Bonchev–Trinajstić information content (AvgIpc) is 2.47. The molecule has 0 saturated carbocycles. The standard InChI is InChI=1S/C17H22N2O2S/c1-4-22-16-18-14-8-6-5-7-13(14)15(20)19(16)12-9-10-21-17(2,3)11-12/h5-8,12H,4,9-11H2,1-3H3/t12-/m0/s1. The molecule has 1 aliphatic rings. The van der Waals surface area contributed by atoms with Crippen LogP contribution in [0, 0.1) is 0 Å². The van der Waals surface area contributed by atoms with Gasteiger partial charge in [0.15, 0.2) is 5.16 Å². The number of rotatable bonds is 3. The SMILES string of the molecule is CCSc1nc2ccccc2c(=O)n1[C@H]1CCOC(C)(C)C1. The molecule has 2 aromatic rings. The van der Waals surface area contributed by atoms with Crippen molar-refractivity contribution in [2.75, 3.05) is 12.4 Å². The highest BCUT2D eigenvalue weighted by Crippen LogP contribution is 2.33. The van der Waals surface area contributed by atoms with Gasteiger partial charge in [-0.15, -0.1) is 0 Å². The Bertz CT molecular complexity index is 739. The van der Waals surface area contributed by atoms with Gasteiger partial charge in [-0.3, -0.25) is 9.36 Å². The molecule has 1 atom stereocenters. The highest BCUT2D eigenvalue weighted by molar-refractivity contribution is 7.99. The molecule has 1 saturated heterocycles. The first kappa shape index (κ1) is 15.6. The van der Waals surface area contributed by atoms with Gasteiger partial charge in [-0.25, -0.2) is 4.98 Å². The van der Waals surface area contributed by atoms with E-state index in [9.17, 15) is 4.79 Å². The number of fused-ring (bicyclic) bond motifs is 1. The van der Waals surface area contributed by atoms with Gasteiger partial charge in [-0.2, -0.15) is 0 Å². The first-order valence-electron chi connectivity index (χ1n) is 7.80. The second kappa shape index (κ2) is 6.05. The van der Waals surface area contributed by atoms with E-state index in [2.05, 4.69) is 20.8 Å². The van der Waals surface area contributed by atoms with E-state index >= 15 is 0 Å². The monoisotopic (exact) mass is 318 g/mol. The summed E-state index contributed by atoms with van der Waals surface area (Å²) < 4.78 is 7.71. The number of ether oxygens (including phenoxy) is 1. The van der Waals surface area contributed by atoms with Crippen LogP contribution in [0.3, 0.4) is 0 Å². The quantitative estimate of drug-likeness (QED) is 0.640. The normalized spacial score (nSPS) is 21.1. The van der Waals surface area contributed by atoms with Gasteiger partial charge in [0.2, 0.25) is 0 Å². The Morgan fingerprint density at radius 1 is 1.41 bits per heavy atom. The van der Waals surface area contributed by atoms with Gasteiger partial charge in [-0.1, -0.05) is 30.8 Å². The Kier molecular flexibility index (Phi) is 4.28. The highest BCUT2D eigenvalue weighted by Gasteiger charge is 2.32. The Morgan fingerprint density at radius 2 is 2.18 bits per heavy atom. The second-order valence-corrected chi connectivity index (χ2v) is 7.51. The molecule has 0 spiro atoms. The predicted octanol–water partition coefficient (Wildman–Crippen LogP) is 3.64. The van der Waals surface area contributed by atoms with E-state index in [-0.39, 0.29) is 17.2 Å². The van der Waals surface area contributed by atoms with E-state index in [1.54, 1.807) is 11.8 Å². The Morgan fingerprint density at radius 3 is 2.91 bits per heavy atom. The van der Waals surface area contributed by atoms with Crippen LogP contribution >= 0.6 is 11.8 Å². The molecular formula is C17H22N2O2S. The molecule has 0 bridgehead atoms. The average molecular weight is 318 g/mol. The number of nitrogens with zero attached hydrogens (tertiary/aromatic N) is 2. The number of aromatic nitrogens is 2. The van der Waals surface area contributed by atoms with Crippen LogP contribution in [0.5, 0.6) is 0 Å². The Balaban J connectivity index is 2.16. The third-order valence-electron chi connectivity index (χ3n) is 4.09. The van der Waals surface area contributed by atoms with Crippen LogP contribution in [0.2, 0.25) is 0 Å². The van der Waals surface area contributed by atoms with Crippen LogP contribution in [-0.2, 0) is 4.74 Å².